The maximum atomic E-state index is 13.5. The summed E-state index contributed by atoms with van der Waals surface area (Å²) in [4.78, 5) is 16.7. The van der Waals surface area contributed by atoms with Gasteiger partial charge >= 0.3 is 5.97 Å². The van der Waals surface area contributed by atoms with Crippen LogP contribution in [-0.4, -0.2) is 22.1 Å². The minimum atomic E-state index is -0.347. The Morgan fingerprint density at radius 1 is 1.20 bits per heavy atom. The van der Waals surface area contributed by atoms with Crippen LogP contribution in [0.1, 0.15) is 42.0 Å². The van der Waals surface area contributed by atoms with Gasteiger partial charge in [0.15, 0.2) is 0 Å². The number of ether oxygens (including phenoxy) is 1. The van der Waals surface area contributed by atoms with Crippen molar-refractivity contribution in [1.82, 2.24) is 9.55 Å². The second-order valence-electron chi connectivity index (χ2n) is 5.92. The van der Waals surface area contributed by atoms with Crippen molar-refractivity contribution in [3.63, 3.8) is 0 Å². The quantitative estimate of drug-likeness (QED) is 0.627. The molecule has 0 bridgehead atoms. The number of hydrogen-bond acceptors (Lipinski definition) is 3. The topological polar surface area (TPSA) is 44.1 Å². The van der Waals surface area contributed by atoms with Gasteiger partial charge in [0.25, 0.3) is 0 Å². The molecule has 3 aromatic rings. The third-order valence-corrected chi connectivity index (χ3v) is 4.04. The molecule has 0 atom stereocenters. The van der Waals surface area contributed by atoms with Gasteiger partial charge < -0.3 is 9.30 Å². The van der Waals surface area contributed by atoms with Crippen molar-refractivity contribution in [2.45, 2.75) is 33.2 Å². The van der Waals surface area contributed by atoms with Crippen molar-refractivity contribution in [3.05, 3.63) is 65.2 Å². The van der Waals surface area contributed by atoms with E-state index in [2.05, 4.69) is 16.5 Å². The first-order valence-electron chi connectivity index (χ1n) is 8.53. The molecule has 0 saturated heterocycles. The van der Waals surface area contributed by atoms with E-state index >= 15 is 0 Å². The second-order valence-corrected chi connectivity index (χ2v) is 5.92. The van der Waals surface area contributed by atoms with Crippen LogP contribution in [-0.2, 0) is 17.7 Å². The smallest absolute Gasteiger partial charge is 0.338 e. The molecule has 0 unspecified atom stereocenters. The lowest BCUT2D eigenvalue weighted by Gasteiger charge is -2.10. The lowest BCUT2D eigenvalue weighted by Crippen LogP contribution is -2.07. The fourth-order valence-corrected chi connectivity index (χ4v) is 2.92. The van der Waals surface area contributed by atoms with Gasteiger partial charge in [-0.25, -0.2) is 14.2 Å². The van der Waals surface area contributed by atoms with Crippen molar-refractivity contribution in [2.24, 2.45) is 0 Å². The molecule has 0 saturated carbocycles. The summed E-state index contributed by atoms with van der Waals surface area (Å²) in [7, 11) is 0. The summed E-state index contributed by atoms with van der Waals surface area (Å²) in [6.45, 7) is 4.72. The number of rotatable bonds is 6. The number of carbonyl (C=O) groups is 1. The molecule has 1 heterocycles. The average Bonchev–Trinajstić information content (AvgIpc) is 2.92. The van der Waals surface area contributed by atoms with Crippen molar-refractivity contribution in [1.29, 1.82) is 0 Å². The van der Waals surface area contributed by atoms with Crippen LogP contribution in [0.2, 0.25) is 0 Å². The molecule has 2 aromatic carbocycles. The SMILES string of the molecule is CCCc1nc2ccc(C(=O)OCC)cc2n1Cc1cccc(F)c1. The number of halogens is 1. The van der Waals surface area contributed by atoms with E-state index in [0.29, 0.717) is 18.7 Å². The average molecular weight is 340 g/mol. The van der Waals surface area contributed by atoms with E-state index in [1.54, 1.807) is 25.1 Å². The molecule has 0 amide bonds. The molecule has 0 fully saturated rings. The molecule has 0 spiro atoms. The molecule has 0 aliphatic carbocycles. The van der Waals surface area contributed by atoms with Crippen LogP contribution in [0.25, 0.3) is 11.0 Å². The Labute approximate surface area is 146 Å². The van der Waals surface area contributed by atoms with Crippen LogP contribution in [0.3, 0.4) is 0 Å². The summed E-state index contributed by atoms with van der Waals surface area (Å²) in [6.07, 6.45) is 1.77. The first kappa shape index (κ1) is 17.1. The fraction of sp³-hybridized carbons (Fsp3) is 0.300. The third-order valence-electron chi connectivity index (χ3n) is 4.04. The zero-order chi connectivity index (χ0) is 17.8. The normalized spacial score (nSPS) is 11.0. The van der Waals surface area contributed by atoms with Crippen molar-refractivity contribution in [2.75, 3.05) is 6.61 Å². The standard InChI is InChI=1S/C20H21FN2O2/c1-3-6-19-22-17-10-9-15(20(24)25-4-2)12-18(17)23(19)13-14-7-5-8-16(21)11-14/h5,7-12H,3-4,6,13H2,1-2H3. The summed E-state index contributed by atoms with van der Waals surface area (Å²) in [5.41, 5.74) is 3.04. The summed E-state index contributed by atoms with van der Waals surface area (Å²) in [6, 6.07) is 11.9. The van der Waals surface area contributed by atoms with Crippen LogP contribution in [0, 0.1) is 5.82 Å². The van der Waals surface area contributed by atoms with Crippen LogP contribution < -0.4 is 0 Å². The summed E-state index contributed by atoms with van der Waals surface area (Å²) in [5, 5.41) is 0. The van der Waals surface area contributed by atoms with Crippen molar-refractivity contribution in [3.8, 4) is 0 Å². The molecule has 3 rings (SSSR count). The maximum absolute atomic E-state index is 13.5. The van der Waals surface area contributed by atoms with Gasteiger partial charge in [0.05, 0.1) is 23.2 Å². The molecule has 25 heavy (non-hydrogen) atoms. The number of carbonyl (C=O) groups excluding carboxylic acids is 1. The van der Waals surface area contributed by atoms with Crippen LogP contribution >= 0.6 is 0 Å². The Morgan fingerprint density at radius 2 is 2.04 bits per heavy atom. The van der Waals surface area contributed by atoms with Gasteiger partial charge in [-0.15, -0.1) is 0 Å². The highest BCUT2D eigenvalue weighted by atomic mass is 19.1. The van der Waals surface area contributed by atoms with E-state index in [4.69, 9.17) is 4.74 Å². The first-order chi connectivity index (χ1) is 12.1. The van der Waals surface area contributed by atoms with Gasteiger partial charge in [-0.1, -0.05) is 19.1 Å². The molecular weight excluding hydrogens is 319 g/mol. The highest BCUT2D eigenvalue weighted by Gasteiger charge is 2.14. The number of aryl methyl sites for hydroxylation is 1. The molecule has 0 radical (unpaired) electrons. The molecule has 1 aromatic heterocycles. The Balaban J connectivity index is 2.07. The molecule has 0 aliphatic rings. The van der Waals surface area contributed by atoms with Crippen LogP contribution in [0.4, 0.5) is 4.39 Å². The number of imidazole rings is 1. The zero-order valence-electron chi connectivity index (χ0n) is 14.5. The Morgan fingerprint density at radius 3 is 2.76 bits per heavy atom. The molecule has 0 aliphatic heterocycles. The Hall–Kier alpha value is -2.69. The van der Waals surface area contributed by atoms with Gasteiger partial charge in [0, 0.05) is 13.0 Å². The van der Waals surface area contributed by atoms with E-state index in [0.717, 1.165) is 35.3 Å². The largest absolute Gasteiger partial charge is 0.462 e. The van der Waals surface area contributed by atoms with Crippen LogP contribution in [0.5, 0.6) is 0 Å². The van der Waals surface area contributed by atoms with E-state index in [9.17, 15) is 9.18 Å². The number of aromatic nitrogens is 2. The number of benzene rings is 2. The lowest BCUT2D eigenvalue weighted by atomic mass is 10.2. The monoisotopic (exact) mass is 340 g/mol. The van der Waals surface area contributed by atoms with E-state index < -0.39 is 0 Å². The molecule has 5 heteroatoms. The van der Waals surface area contributed by atoms with Gasteiger partial charge in [-0.3, -0.25) is 0 Å². The summed E-state index contributed by atoms with van der Waals surface area (Å²) >= 11 is 0. The Bertz CT molecular complexity index is 902. The summed E-state index contributed by atoms with van der Waals surface area (Å²) < 4.78 is 20.7. The van der Waals surface area contributed by atoms with Gasteiger partial charge in [0.1, 0.15) is 11.6 Å². The van der Waals surface area contributed by atoms with Gasteiger partial charge in [-0.2, -0.15) is 0 Å². The van der Waals surface area contributed by atoms with Gasteiger partial charge in [0.2, 0.25) is 0 Å². The fourth-order valence-electron chi connectivity index (χ4n) is 2.92. The molecule has 130 valence electrons. The predicted molar refractivity (Wildman–Crippen MR) is 95.2 cm³/mol. The predicted octanol–water partition coefficient (Wildman–Crippen LogP) is 4.35. The van der Waals surface area contributed by atoms with E-state index in [1.165, 1.54) is 12.1 Å². The van der Waals surface area contributed by atoms with Crippen LogP contribution in [0.15, 0.2) is 42.5 Å². The van der Waals surface area contributed by atoms with Crippen molar-refractivity contribution < 1.29 is 13.9 Å². The number of nitrogens with zero attached hydrogens (tertiary/aromatic N) is 2. The van der Waals surface area contributed by atoms with E-state index in [1.807, 2.05) is 12.1 Å². The first-order valence-corrected chi connectivity index (χ1v) is 8.53. The minimum Gasteiger partial charge on any atom is -0.462 e. The highest BCUT2D eigenvalue weighted by molar-refractivity contribution is 5.93. The second kappa shape index (κ2) is 7.47. The molecule has 4 nitrogen and oxygen atoms in total. The Kier molecular flexibility index (Phi) is 5.12. The number of hydrogen-bond donors (Lipinski definition) is 0. The highest BCUT2D eigenvalue weighted by Crippen LogP contribution is 2.21. The minimum absolute atomic E-state index is 0.258. The number of fused-ring (bicyclic) bond motifs is 1. The third kappa shape index (κ3) is 3.71. The maximum Gasteiger partial charge on any atom is 0.338 e. The molecular formula is C20H21FN2O2. The number of esters is 1. The molecule has 0 N–H and O–H groups in total. The van der Waals surface area contributed by atoms with Crippen molar-refractivity contribution >= 4 is 17.0 Å². The van der Waals surface area contributed by atoms with Gasteiger partial charge in [-0.05, 0) is 49.2 Å². The lowest BCUT2D eigenvalue weighted by molar-refractivity contribution is 0.0526. The van der Waals surface area contributed by atoms with E-state index in [-0.39, 0.29) is 11.8 Å². The summed E-state index contributed by atoms with van der Waals surface area (Å²) in [5.74, 6) is 0.328. The zero-order valence-corrected chi connectivity index (χ0v) is 14.5.